The fraction of sp³-hybridized carbons (Fsp3) is 0.360. The molecule has 0 bridgehead atoms. The zero-order valence-electron chi connectivity index (χ0n) is 18.5. The van der Waals surface area contributed by atoms with Gasteiger partial charge in [-0.1, -0.05) is 24.3 Å². The highest BCUT2D eigenvalue weighted by atomic mass is 32.2. The van der Waals surface area contributed by atoms with Crippen molar-refractivity contribution in [3.63, 3.8) is 0 Å². The molecule has 2 aromatic carbocycles. The molecule has 4 rings (SSSR count). The van der Waals surface area contributed by atoms with Gasteiger partial charge in [0.15, 0.2) is 0 Å². The normalized spacial score (nSPS) is 14.5. The number of carbonyl (C=O) groups is 1. The third kappa shape index (κ3) is 5.57. The van der Waals surface area contributed by atoms with Crippen LogP contribution in [0.4, 0.5) is 5.69 Å². The zero-order chi connectivity index (χ0) is 21.8. The van der Waals surface area contributed by atoms with Crippen molar-refractivity contribution < 1.29 is 4.79 Å². The first-order valence-corrected chi connectivity index (χ1v) is 11.9. The molecule has 0 aliphatic carbocycles. The maximum absolute atomic E-state index is 12.9. The molecule has 0 unspecified atom stereocenters. The van der Waals surface area contributed by atoms with Gasteiger partial charge in [-0.05, 0) is 61.7 Å². The Morgan fingerprint density at radius 2 is 1.77 bits per heavy atom. The molecule has 1 aliphatic heterocycles. The summed E-state index contributed by atoms with van der Waals surface area (Å²) in [6.07, 6.45) is 0. The Kier molecular flexibility index (Phi) is 6.78. The maximum atomic E-state index is 12.9. The van der Waals surface area contributed by atoms with Gasteiger partial charge in [0.25, 0.3) is 5.91 Å². The van der Waals surface area contributed by atoms with Crippen molar-refractivity contribution in [3.8, 4) is 0 Å². The molecule has 1 amide bonds. The average Bonchev–Trinajstić information content (AvgIpc) is 3.07. The van der Waals surface area contributed by atoms with E-state index >= 15 is 0 Å². The first-order valence-electron chi connectivity index (χ1n) is 10.8. The van der Waals surface area contributed by atoms with Crippen LogP contribution in [-0.4, -0.2) is 45.2 Å². The van der Waals surface area contributed by atoms with Crippen LogP contribution in [0.2, 0.25) is 0 Å². The zero-order valence-corrected chi connectivity index (χ0v) is 19.3. The molecule has 1 saturated heterocycles. The maximum Gasteiger partial charge on any atom is 0.255 e. The molecule has 0 saturated carbocycles. The van der Waals surface area contributed by atoms with E-state index in [1.165, 1.54) is 17.1 Å². The van der Waals surface area contributed by atoms with Crippen molar-refractivity contribution >= 4 is 23.4 Å². The van der Waals surface area contributed by atoms with Gasteiger partial charge >= 0.3 is 0 Å². The van der Waals surface area contributed by atoms with Crippen LogP contribution in [0.25, 0.3) is 0 Å². The Morgan fingerprint density at radius 1 is 1.00 bits per heavy atom. The minimum atomic E-state index is -0.0841. The predicted molar refractivity (Wildman–Crippen MR) is 129 cm³/mol. The number of hydrogen-bond acceptors (Lipinski definition) is 4. The first kappa shape index (κ1) is 21.7. The van der Waals surface area contributed by atoms with Crippen molar-refractivity contribution in [2.45, 2.75) is 33.9 Å². The number of benzene rings is 2. The van der Waals surface area contributed by atoms with E-state index in [1.54, 1.807) is 0 Å². The summed E-state index contributed by atoms with van der Waals surface area (Å²) in [5, 5.41) is 7.61. The van der Waals surface area contributed by atoms with E-state index < -0.39 is 0 Å². The number of hydrogen-bond donors (Lipinski definition) is 1. The summed E-state index contributed by atoms with van der Waals surface area (Å²) in [5.74, 6) is 2.34. The van der Waals surface area contributed by atoms with Crippen molar-refractivity contribution in [1.82, 2.24) is 14.7 Å². The molecule has 31 heavy (non-hydrogen) atoms. The van der Waals surface area contributed by atoms with Crippen molar-refractivity contribution in [3.05, 3.63) is 82.2 Å². The van der Waals surface area contributed by atoms with E-state index in [-0.39, 0.29) is 5.91 Å². The molecule has 0 spiro atoms. The Labute approximate surface area is 188 Å². The van der Waals surface area contributed by atoms with Gasteiger partial charge in [-0.2, -0.15) is 16.9 Å². The number of carbonyl (C=O) groups excluding carboxylic acids is 1. The van der Waals surface area contributed by atoms with Crippen LogP contribution in [0.5, 0.6) is 0 Å². The number of thioether (sulfide) groups is 1. The molecule has 162 valence electrons. The van der Waals surface area contributed by atoms with Gasteiger partial charge in [0.05, 0.1) is 12.2 Å². The summed E-state index contributed by atoms with van der Waals surface area (Å²) in [6.45, 7) is 10.0. The Morgan fingerprint density at radius 3 is 2.48 bits per heavy atom. The molecule has 3 aromatic rings. The molecule has 1 aromatic heterocycles. The highest BCUT2D eigenvalue weighted by molar-refractivity contribution is 7.99. The van der Waals surface area contributed by atoms with Crippen LogP contribution >= 0.6 is 11.8 Å². The molecule has 2 heterocycles. The topological polar surface area (TPSA) is 50.2 Å². The van der Waals surface area contributed by atoms with Gasteiger partial charge in [-0.3, -0.25) is 14.4 Å². The minimum absolute atomic E-state index is 0.0841. The van der Waals surface area contributed by atoms with Crippen LogP contribution < -0.4 is 5.32 Å². The number of aromatic nitrogens is 2. The SMILES string of the molecule is Cc1cc(C)n(Cc2cccc(C(=O)Nc3ccc(CN4CCSCC4)cc3C)c2)n1. The van der Waals surface area contributed by atoms with Gasteiger partial charge < -0.3 is 5.32 Å². The standard InChI is InChI=1S/C25H30N4OS/c1-18-13-22(16-28-9-11-31-12-10-28)7-8-24(18)26-25(30)23-6-4-5-21(15-23)17-29-20(3)14-19(2)27-29/h4-8,13-15H,9-12,16-17H2,1-3H3,(H,26,30). The van der Waals surface area contributed by atoms with Gasteiger partial charge in [0.1, 0.15) is 0 Å². The monoisotopic (exact) mass is 434 g/mol. The summed E-state index contributed by atoms with van der Waals surface area (Å²) in [5.41, 5.74) is 7.10. The lowest BCUT2D eigenvalue weighted by Gasteiger charge is -2.26. The third-order valence-electron chi connectivity index (χ3n) is 5.67. The van der Waals surface area contributed by atoms with Gasteiger partial charge in [0, 0.05) is 48.1 Å². The second kappa shape index (κ2) is 9.71. The molecule has 1 fully saturated rings. The lowest BCUT2D eigenvalue weighted by atomic mass is 10.1. The predicted octanol–water partition coefficient (Wildman–Crippen LogP) is 4.66. The summed E-state index contributed by atoms with van der Waals surface area (Å²) >= 11 is 2.03. The average molecular weight is 435 g/mol. The molecular weight excluding hydrogens is 404 g/mol. The molecule has 1 N–H and O–H groups in total. The minimum Gasteiger partial charge on any atom is -0.322 e. The van der Waals surface area contributed by atoms with Crippen LogP contribution in [-0.2, 0) is 13.1 Å². The van der Waals surface area contributed by atoms with E-state index in [1.807, 2.05) is 60.6 Å². The van der Waals surface area contributed by atoms with Gasteiger partial charge in [0.2, 0.25) is 0 Å². The molecule has 5 nitrogen and oxygen atoms in total. The van der Waals surface area contributed by atoms with E-state index in [4.69, 9.17) is 0 Å². The fourth-order valence-electron chi connectivity index (χ4n) is 4.00. The lowest BCUT2D eigenvalue weighted by molar-refractivity contribution is 0.102. The third-order valence-corrected chi connectivity index (χ3v) is 6.62. The number of rotatable bonds is 6. The summed E-state index contributed by atoms with van der Waals surface area (Å²) < 4.78 is 1.97. The summed E-state index contributed by atoms with van der Waals surface area (Å²) in [4.78, 5) is 15.4. The Balaban J connectivity index is 1.42. The van der Waals surface area contributed by atoms with Crippen LogP contribution in [0.3, 0.4) is 0 Å². The Bertz CT molecular complexity index is 1070. The number of aryl methyl sites for hydroxylation is 3. The molecule has 0 radical (unpaired) electrons. The number of amides is 1. The highest BCUT2D eigenvalue weighted by Crippen LogP contribution is 2.20. The number of anilines is 1. The van der Waals surface area contributed by atoms with Crippen LogP contribution in [0.15, 0.2) is 48.5 Å². The smallest absolute Gasteiger partial charge is 0.255 e. The Hall–Kier alpha value is -2.57. The number of nitrogens with one attached hydrogen (secondary N) is 1. The summed E-state index contributed by atoms with van der Waals surface area (Å²) in [7, 11) is 0. The second-order valence-corrected chi connectivity index (χ2v) is 9.50. The van der Waals surface area contributed by atoms with Gasteiger partial charge in [-0.15, -0.1) is 0 Å². The fourth-order valence-corrected chi connectivity index (χ4v) is 4.97. The van der Waals surface area contributed by atoms with Crippen molar-refractivity contribution in [2.24, 2.45) is 0 Å². The van der Waals surface area contributed by atoms with E-state index in [0.29, 0.717) is 12.1 Å². The van der Waals surface area contributed by atoms with Crippen molar-refractivity contribution in [1.29, 1.82) is 0 Å². The molecular formula is C25H30N4OS. The number of nitrogens with zero attached hydrogens (tertiary/aromatic N) is 3. The highest BCUT2D eigenvalue weighted by Gasteiger charge is 2.13. The van der Waals surface area contributed by atoms with Gasteiger partial charge in [-0.25, -0.2) is 0 Å². The van der Waals surface area contributed by atoms with Crippen LogP contribution in [0.1, 0.15) is 38.4 Å². The quantitative estimate of drug-likeness (QED) is 0.613. The lowest BCUT2D eigenvalue weighted by Crippen LogP contribution is -2.31. The van der Waals surface area contributed by atoms with E-state index in [9.17, 15) is 4.79 Å². The second-order valence-electron chi connectivity index (χ2n) is 8.28. The molecule has 6 heteroatoms. The largest absolute Gasteiger partial charge is 0.322 e. The molecule has 1 aliphatic rings. The van der Waals surface area contributed by atoms with E-state index in [2.05, 4.69) is 40.4 Å². The van der Waals surface area contributed by atoms with Crippen LogP contribution in [0, 0.1) is 20.8 Å². The van der Waals surface area contributed by atoms with Crippen molar-refractivity contribution in [2.75, 3.05) is 29.9 Å². The molecule has 0 atom stereocenters. The van der Waals surface area contributed by atoms with E-state index in [0.717, 1.165) is 47.8 Å². The summed E-state index contributed by atoms with van der Waals surface area (Å²) in [6, 6.07) is 16.2. The first-order chi connectivity index (χ1) is 15.0.